The van der Waals surface area contributed by atoms with Crippen molar-refractivity contribution in [1.82, 2.24) is 10.3 Å². The number of fused-ring (bicyclic) bond motifs is 1. The van der Waals surface area contributed by atoms with Gasteiger partial charge in [0.25, 0.3) is 0 Å². The van der Waals surface area contributed by atoms with Gasteiger partial charge in [0.2, 0.25) is 0 Å². The lowest BCUT2D eigenvalue weighted by atomic mass is 9.91. The van der Waals surface area contributed by atoms with E-state index < -0.39 is 5.97 Å². The van der Waals surface area contributed by atoms with Crippen molar-refractivity contribution in [3.05, 3.63) is 84.1 Å². The summed E-state index contributed by atoms with van der Waals surface area (Å²) in [6.07, 6.45) is 4.22. The van der Waals surface area contributed by atoms with E-state index in [1.54, 1.807) is 13.3 Å². The standard InChI is InChI=1S/C31H30N2O4/c1-37-29-13-12-25(18-30(35)36)26(19-32-16-14-28(34)22-7-8-22)31(29)23-9-4-20(5-10-23)24-11-6-21-3-2-15-33-27(21)17-24/h2-6,9-13,15,17,22,32H,7-8,14,16,18-19H2,1H3,(H,35,36). The Labute approximate surface area is 216 Å². The van der Waals surface area contributed by atoms with Crippen molar-refractivity contribution in [3.63, 3.8) is 0 Å². The minimum absolute atomic E-state index is 0.0861. The lowest BCUT2D eigenvalue weighted by Crippen LogP contribution is -2.20. The Hall–Kier alpha value is -4.03. The van der Waals surface area contributed by atoms with Gasteiger partial charge in [-0.25, -0.2) is 0 Å². The maximum atomic E-state index is 12.1. The summed E-state index contributed by atoms with van der Waals surface area (Å²) in [7, 11) is 1.62. The molecule has 5 rings (SSSR count). The number of carboxylic acid groups (broad SMARTS) is 1. The van der Waals surface area contributed by atoms with Crippen LogP contribution in [-0.4, -0.2) is 35.5 Å². The second-order valence-corrected chi connectivity index (χ2v) is 9.51. The summed E-state index contributed by atoms with van der Waals surface area (Å²) in [4.78, 5) is 28.2. The summed E-state index contributed by atoms with van der Waals surface area (Å²) in [6, 6.07) is 22.1. The number of Topliss-reactive ketones (excluding diaryl/α,β-unsaturated/α-hetero) is 1. The molecule has 0 bridgehead atoms. The predicted octanol–water partition coefficient (Wildman–Crippen LogP) is 5.66. The third-order valence-corrected chi connectivity index (χ3v) is 6.93. The van der Waals surface area contributed by atoms with Gasteiger partial charge in [-0.2, -0.15) is 0 Å². The molecule has 1 aromatic heterocycles. The molecule has 1 heterocycles. The van der Waals surface area contributed by atoms with Crippen LogP contribution in [0.2, 0.25) is 0 Å². The first-order chi connectivity index (χ1) is 18.0. The van der Waals surface area contributed by atoms with Crippen molar-refractivity contribution in [1.29, 1.82) is 0 Å². The Morgan fingerprint density at radius 1 is 1.00 bits per heavy atom. The van der Waals surface area contributed by atoms with E-state index in [1.807, 2.05) is 36.4 Å². The van der Waals surface area contributed by atoms with Gasteiger partial charge in [-0.1, -0.05) is 48.5 Å². The van der Waals surface area contributed by atoms with Crippen LogP contribution in [0.25, 0.3) is 33.2 Å². The van der Waals surface area contributed by atoms with Crippen LogP contribution >= 0.6 is 0 Å². The summed E-state index contributed by atoms with van der Waals surface area (Å²) in [5.41, 5.74) is 6.51. The fourth-order valence-corrected chi connectivity index (χ4v) is 4.80. The zero-order valence-corrected chi connectivity index (χ0v) is 20.9. The number of pyridine rings is 1. The van der Waals surface area contributed by atoms with E-state index in [2.05, 4.69) is 40.6 Å². The van der Waals surface area contributed by atoms with Gasteiger partial charge in [0, 0.05) is 42.6 Å². The number of nitrogens with one attached hydrogen (secondary N) is 1. The summed E-state index contributed by atoms with van der Waals surface area (Å²) in [5.74, 6) is 0.349. The lowest BCUT2D eigenvalue weighted by Gasteiger charge is -2.19. The average Bonchev–Trinajstić information content (AvgIpc) is 3.77. The fourth-order valence-electron chi connectivity index (χ4n) is 4.80. The van der Waals surface area contributed by atoms with Crippen LogP contribution < -0.4 is 10.1 Å². The van der Waals surface area contributed by atoms with E-state index in [1.165, 1.54) is 0 Å². The molecular formula is C31H30N2O4. The van der Waals surface area contributed by atoms with Crippen molar-refractivity contribution in [2.45, 2.75) is 32.2 Å². The maximum absolute atomic E-state index is 12.1. The van der Waals surface area contributed by atoms with Gasteiger partial charge in [-0.05, 0) is 58.9 Å². The molecule has 4 aromatic rings. The maximum Gasteiger partial charge on any atom is 0.307 e. The van der Waals surface area contributed by atoms with Crippen molar-refractivity contribution in [3.8, 4) is 28.0 Å². The molecule has 188 valence electrons. The van der Waals surface area contributed by atoms with Crippen LogP contribution in [0.5, 0.6) is 5.75 Å². The zero-order valence-electron chi connectivity index (χ0n) is 20.9. The summed E-state index contributed by atoms with van der Waals surface area (Å²) in [5, 5.41) is 14.0. The van der Waals surface area contributed by atoms with E-state index in [9.17, 15) is 14.7 Å². The molecule has 0 unspecified atom stereocenters. The minimum atomic E-state index is -0.887. The quantitative estimate of drug-likeness (QED) is 0.262. The van der Waals surface area contributed by atoms with Gasteiger partial charge < -0.3 is 15.2 Å². The number of hydrogen-bond donors (Lipinski definition) is 2. The molecule has 0 amide bonds. The van der Waals surface area contributed by atoms with E-state index in [0.29, 0.717) is 31.0 Å². The van der Waals surface area contributed by atoms with Gasteiger partial charge in [0.15, 0.2) is 0 Å². The zero-order chi connectivity index (χ0) is 25.8. The highest BCUT2D eigenvalue weighted by Gasteiger charge is 2.28. The molecule has 0 spiro atoms. The van der Waals surface area contributed by atoms with Crippen molar-refractivity contribution in [2.75, 3.05) is 13.7 Å². The van der Waals surface area contributed by atoms with Gasteiger partial charge in [0.05, 0.1) is 19.0 Å². The van der Waals surface area contributed by atoms with E-state index in [0.717, 1.165) is 57.1 Å². The Morgan fingerprint density at radius 2 is 1.76 bits per heavy atom. The first kappa shape index (κ1) is 24.7. The van der Waals surface area contributed by atoms with Crippen LogP contribution in [0, 0.1) is 5.92 Å². The number of nitrogens with zero attached hydrogens (tertiary/aromatic N) is 1. The summed E-state index contributed by atoms with van der Waals surface area (Å²) in [6.45, 7) is 1.01. The Bertz CT molecular complexity index is 1440. The van der Waals surface area contributed by atoms with Gasteiger partial charge >= 0.3 is 5.97 Å². The van der Waals surface area contributed by atoms with Gasteiger partial charge in [-0.15, -0.1) is 0 Å². The summed E-state index contributed by atoms with van der Waals surface area (Å²) < 4.78 is 5.71. The van der Waals surface area contributed by atoms with Crippen molar-refractivity contribution in [2.24, 2.45) is 5.92 Å². The molecule has 0 saturated heterocycles. The van der Waals surface area contributed by atoms with Crippen LogP contribution in [-0.2, 0) is 22.6 Å². The third kappa shape index (κ3) is 5.70. The van der Waals surface area contributed by atoms with Crippen molar-refractivity contribution < 1.29 is 19.4 Å². The molecule has 0 atom stereocenters. The number of ketones is 1. The first-order valence-electron chi connectivity index (χ1n) is 12.6. The topological polar surface area (TPSA) is 88.5 Å². The molecule has 0 aliphatic heterocycles. The SMILES string of the molecule is COc1ccc(CC(=O)O)c(CNCCC(=O)C2CC2)c1-c1ccc(-c2ccc3cccnc3c2)cc1. The highest BCUT2D eigenvalue weighted by Crippen LogP contribution is 2.37. The Balaban J connectivity index is 1.45. The molecule has 6 heteroatoms. The van der Waals surface area contributed by atoms with Gasteiger partial charge in [-0.3, -0.25) is 14.6 Å². The van der Waals surface area contributed by atoms with Crippen LogP contribution in [0.15, 0.2) is 72.9 Å². The molecule has 2 N–H and O–H groups in total. The highest BCUT2D eigenvalue weighted by molar-refractivity contribution is 5.85. The normalized spacial score (nSPS) is 13.0. The van der Waals surface area contributed by atoms with Crippen LogP contribution in [0.4, 0.5) is 0 Å². The highest BCUT2D eigenvalue weighted by atomic mass is 16.5. The number of carboxylic acids is 1. The van der Waals surface area contributed by atoms with E-state index >= 15 is 0 Å². The van der Waals surface area contributed by atoms with Crippen molar-refractivity contribution >= 4 is 22.7 Å². The third-order valence-electron chi connectivity index (χ3n) is 6.93. The minimum Gasteiger partial charge on any atom is -0.496 e. The number of hydrogen-bond acceptors (Lipinski definition) is 5. The predicted molar refractivity (Wildman–Crippen MR) is 145 cm³/mol. The molecule has 1 aliphatic rings. The molecule has 0 radical (unpaired) electrons. The summed E-state index contributed by atoms with van der Waals surface area (Å²) >= 11 is 0. The number of carbonyl (C=O) groups excluding carboxylic acids is 1. The first-order valence-corrected chi connectivity index (χ1v) is 12.6. The lowest BCUT2D eigenvalue weighted by molar-refractivity contribution is -0.136. The number of carbonyl (C=O) groups is 2. The van der Waals surface area contributed by atoms with Crippen LogP contribution in [0.1, 0.15) is 30.4 Å². The molecular weight excluding hydrogens is 464 g/mol. The number of aromatic nitrogens is 1. The molecule has 3 aromatic carbocycles. The molecule has 6 nitrogen and oxygen atoms in total. The smallest absolute Gasteiger partial charge is 0.307 e. The van der Waals surface area contributed by atoms with Gasteiger partial charge in [0.1, 0.15) is 11.5 Å². The average molecular weight is 495 g/mol. The van der Waals surface area contributed by atoms with E-state index in [4.69, 9.17) is 4.74 Å². The van der Waals surface area contributed by atoms with Crippen LogP contribution in [0.3, 0.4) is 0 Å². The number of aliphatic carboxylic acids is 1. The molecule has 1 saturated carbocycles. The number of rotatable bonds is 11. The number of methoxy groups -OCH3 is 1. The number of benzene rings is 3. The second-order valence-electron chi connectivity index (χ2n) is 9.51. The Morgan fingerprint density at radius 3 is 2.49 bits per heavy atom. The fraction of sp³-hybridized carbons (Fsp3) is 0.258. The largest absolute Gasteiger partial charge is 0.496 e. The molecule has 1 aliphatic carbocycles. The second kappa shape index (κ2) is 10.9. The van der Waals surface area contributed by atoms with E-state index in [-0.39, 0.29) is 12.3 Å². The molecule has 37 heavy (non-hydrogen) atoms. The Kier molecular flexibility index (Phi) is 7.28. The molecule has 1 fully saturated rings. The monoisotopic (exact) mass is 494 g/mol. The number of ether oxygens (including phenoxy) is 1.